The molecule has 1 saturated heterocycles. The van der Waals surface area contributed by atoms with Crippen LogP contribution < -0.4 is 4.74 Å². The molecule has 0 aliphatic carbocycles. The van der Waals surface area contributed by atoms with E-state index in [1.807, 2.05) is 0 Å². The molecule has 3 amide bonds. The predicted molar refractivity (Wildman–Crippen MR) is 115 cm³/mol. The van der Waals surface area contributed by atoms with Crippen molar-refractivity contribution in [2.24, 2.45) is 0 Å². The Balaban J connectivity index is 2.03. The highest BCUT2D eigenvalue weighted by Gasteiger charge is 2.40. The average molecular weight is 463 g/mol. The molecule has 2 aromatic rings. The first kappa shape index (κ1) is 22.8. The molecule has 3 rings (SSSR count). The van der Waals surface area contributed by atoms with Crippen molar-refractivity contribution in [2.75, 3.05) is 7.11 Å². The lowest BCUT2D eigenvalue weighted by molar-refractivity contribution is -0.165. The van der Waals surface area contributed by atoms with E-state index in [-0.39, 0.29) is 23.4 Å². The molecule has 9 heteroatoms. The molecule has 0 aromatic heterocycles. The number of hydrazine groups is 1. The molecule has 0 N–H and O–H groups in total. The Hall–Kier alpha value is -2.90. The van der Waals surface area contributed by atoms with Crippen molar-refractivity contribution in [2.45, 2.75) is 32.2 Å². The van der Waals surface area contributed by atoms with Gasteiger partial charge in [-0.25, -0.2) is 5.01 Å². The first-order valence-electron chi connectivity index (χ1n) is 9.57. The van der Waals surface area contributed by atoms with Crippen LogP contribution >= 0.6 is 23.2 Å². The lowest BCUT2D eigenvalue weighted by atomic mass is 10.0. The van der Waals surface area contributed by atoms with Gasteiger partial charge in [0, 0.05) is 23.4 Å². The number of carbonyl (C=O) groups excluding carboxylic acids is 4. The van der Waals surface area contributed by atoms with Crippen LogP contribution in [0.4, 0.5) is 0 Å². The molecule has 0 bridgehead atoms. The summed E-state index contributed by atoms with van der Waals surface area (Å²) in [6.45, 7) is 1.46. The van der Waals surface area contributed by atoms with Gasteiger partial charge in [0.15, 0.2) is 5.78 Å². The minimum Gasteiger partial charge on any atom is -0.497 e. The van der Waals surface area contributed by atoms with Gasteiger partial charge < -0.3 is 4.74 Å². The largest absolute Gasteiger partial charge is 0.497 e. The lowest BCUT2D eigenvalue weighted by Crippen LogP contribution is -2.59. The molecule has 1 atom stereocenters. The first-order valence-corrected chi connectivity index (χ1v) is 10.3. The van der Waals surface area contributed by atoms with Gasteiger partial charge in [0.2, 0.25) is 11.8 Å². The first-order chi connectivity index (χ1) is 14.7. The zero-order valence-corrected chi connectivity index (χ0v) is 18.4. The topological polar surface area (TPSA) is 84.0 Å². The van der Waals surface area contributed by atoms with Gasteiger partial charge in [-0.05, 0) is 55.8 Å². The van der Waals surface area contributed by atoms with E-state index < -0.39 is 29.5 Å². The number of piperidine rings is 1. The number of rotatable bonds is 6. The summed E-state index contributed by atoms with van der Waals surface area (Å²) >= 11 is 12.1. The SMILES string of the molecule is COc1ccc(C(=O)[C@@H](C)N(C(=O)c2ccc(Cl)cc2Cl)N2C(=O)CCCC2=O)cc1. The van der Waals surface area contributed by atoms with Gasteiger partial charge in [-0.15, -0.1) is 0 Å². The van der Waals surface area contributed by atoms with Crippen LogP contribution in [0.3, 0.4) is 0 Å². The van der Waals surface area contributed by atoms with Crippen molar-refractivity contribution in [1.29, 1.82) is 0 Å². The molecule has 31 heavy (non-hydrogen) atoms. The third kappa shape index (κ3) is 4.73. The zero-order valence-electron chi connectivity index (χ0n) is 16.9. The molecule has 1 heterocycles. The van der Waals surface area contributed by atoms with Crippen LogP contribution in [0.25, 0.3) is 0 Å². The Morgan fingerprint density at radius 1 is 1.03 bits per heavy atom. The minimum atomic E-state index is -1.15. The zero-order chi connectivity index (χ0) is 22.7. The number of hydrogen-bond donors (Lipinski definition) is 0. The van der Waals surface area contributed by atoms with E-state index >= 15 is 0 Å². The molecular formula is C22H20Cl2N2O5. The number of ketones is 1. The Morgan fingerprint density at radius 3 is 2.19 bits per heavy atom. The minimum absolute atomic E-state index is 0.0200. The molecule has 1 fully saturated rings. The molecule has 0 spiro atoms. The van der Waals surface area contributed by atoms with Gasteiger partial charge in [0.1, 0.15) is 11.8 Å². The van der Waals surface area contributed by atoms with Gasteiger partial charge in [-0.2, -0.15) is 5.01 Å². The molecule has 0 radical (unpaired) electrons. The number of hydrogen-bond acceptors (Lipinski definition) is 5. The van der Waals surface area contributed by atoms with Crippen LogP contribution in [-0.4, -0.2) is 46.7 Å². The van der Waals surface area contributed by atoms with Crippen molar-refractivity contribution in [1.82, 2.24) is 10.0 Å². The van der Waals surface area contributed by atoms with Gasteiger partial charge in [0.05, 0.1) is 17.7 Å². The van der Waals surface area contributed by atoms with Crippen molar-refractivity contribution in [3.8, 4) is 5.75 Å². The van der Waals surface area contributed by atoms with E-state index in [1.165, 1.54) is 32.2 Å². The maximum absolute atomic E-state index is 13.4. The molecule has 7 nitrogen and oxygen atoms in total. The van der Waals surface area contributed by atoms with Gasteiger partial charge in [0.25, 0.3) is 5.91 Å². The van der Waals surface area contributed by atoms with Crippen molar-refractivity contribution in [3.05, 3.63) is 63.6 Å². The molecule has 162 valence electrons. The second kappa shape index (κ2) is 9.49. The molecule has 1 aliphatic heterocycles. The van der Waals surface area contributed by atoms with Crippen LogP contribution in [0.5, 0.6) is 5.75 Å². The number of Topliss-reactive ketones (excluding diaryl/α,β-unsaturated/α-hetero) is 1. The molecule has 0 saturated carbocycles. The maximum Gasteiger partial charge on any atom is 0.275 e. The number of benzene rings is 2. The number of imide groups is 1. The van der Waals surface area contributed by atoms with Crippen LogP contribution in [0.2, 0.25) is 10.0 Å². The fraction of sp³-hybridized carbons (Fsp3) is 0.273. The van der Waals surface area contributed by atoms with Crippen molar-refractivity contribution in [3.63, 3.8) is 0 Å². The third-order valence-corrected chi connectivity index (χ3v) is 5.51. The summed E-state index contributed by atoms with van der Waals surface area (Å²) < 4.78 is 5.10. The van der Waals surface area contributed by atoms with E-state index in [4.69, 9.17) is 27.9 Å². The second-order valence-electron chi connectivity index (χ2n) is 7.00. The molecule has 0 unspecified atom stereocenters. The van der Waals surface area contributed by atoms with Crippen molar-refractivity contribution < 1.29 is 23.9 Å². The summed E-state index contributed by atoms with van der Waals surface area (Å²) in [4.78, 5) is 51.8. The summed E-state index contributed by atoms with van der Waals surface area (Å²) in [5, 5.41) is 2.03. The van der Waals surface area contributed by atoms with E-state index in [0.29, 0.717) is 22.8 Å². The lowest BCUT2D eigenvalue weighted by Gasteiger charge is -2.38. The average Bonchev–Trinajstić information content (AvgIpc) is 2.75. The van der Waals surface area contributed by atoms with Gasteiger partial charge in [-0.3, -0.25) is 19.2 Å². The fourth-order valence-electron chi connectivity index (χ4n) is 3.32. The summed E-state index contributed by atoms with van der Waals surface area (Å²) in [6, 6.07) is 9.41. The predicted octanol–water partition coefficient (Wildman–Crippen LogP) is 4.17. The fourth-order valence-corrected chi connectivity index (χ4v) is 3.81. The highest BCUT2D eigenvalue weighted by molar-refractivity contribution is 6.36. The Morgan fingerprint density at radius 2 is 1.65 bits per heavy atom. The summed E-state index contributed by atoms with van der Waals surface area (Å²) in [5.74, 6) is -1.74. The number of amides is 3. The summed E-state index contributed by atoms with van der Waals surface area (Å²) in [5.41, 5.74) is 0.317. The highest BCUT2D eigenvalue weighted by atomic mass is 35.5. The number of halogens is 2. The van der Waals surface area contributed by atoms with Crippen LogP contribution in [-0.2, 0) is 9.59 Å². The molecule has 1 aliphatic rings. The quantitative estimate of drug-likeness (QED) is 0.475. The monoisotopic (exact) mass is 462 g/mol. The van der Waals surface area contributed by atoms with Crippen LogP contribution in [0.15, 0.2) is 42.5 Å². The molecular weight excluding hydrogens is 443 g/mol. The summed E-state index contributed by atoms with van der Waals surface area (Å²) in [7, 11) is 1.50. The Labute approximate surface area is 189 Å². The van der Waals surface area contributed by atoms with Gasteiger partial charge >= 0.3 is 0 Å². The Bertz CT molecular complexity index is 1020. The van der Waals surface area contributed by atoms with Crippen molar-refractivity contribution >= 4 is 46.7 Å². The number of nitrogens with zero attached hydrogens (tertiary/aromatic N) is 2. The second-order valence-corrected chi connectivity index (χ2v) is 7.84. The van der Waals surface area contributed by atoms with E-state index in [1.54, 1.807) is 24.3 Å². The van der Waals surface area contributed by atoms with Crippen LogP contribution in [0.1, 0.15) is 46.9 Å². The number of methoxy groups -OCH3 is 1. The smallest absolute Gasteiger partial charge is 0.275 e. The standard InChI is InChI=1S/C22H20Cl2N2O5/c1-13(21(29)14-6-9-16(31-2)10-7-14)25(26-19(27)4-3-5-20(26)28)22(30)17-11-8-15(23)12-18(17)24/h6-13H,3-5H2,1-2H3/t13-/m1/s1. The highest BCUT2D eigenvalue weighted by Crippen LogP contribution is 2.27. The van der Waals surface area contributed by atoms with Crippen LogP contribution in [0, 0.1) is 0 Å². The number of carbonyl (C=O) groups is 4. The van der Waals surface area contributed by atoms with Gasteiger partial charge in [-0.1, -0.05) is 23.2 Å². The van der Waals surface area contributed by atoms with E-state index in [0.717, 1.165) is 10.0 Å². The number of ether oxygens (including phenoxy) is 1. The Kier molecular flexibility index (Phi) is 6.97. The van der Waals surface area contributed by atoms with E-state index in [9.17, 15) is 19.2 Å². The summed E-state index contributed by atoms with van der Waals surface area (Å²) in [6.07, 6.45) is 0.569. The maximum atomic E-state index is 13.4. The normalized spacial score (nSPS) is 14.9. The molecule has 2 aromatic carbocycles. The third-order valence-electron chi connectivity index (χ3n) is 4.96. The van der Waals surface area contributed by atoms with E-state index in [2.05, 4.69) is 0 Å².